The Balaban J connectivity index is 1.87. The highest BCUT2D eigenvalue weighted by Crippen LogP contribution is 2.27. The van der Waals surface area contributed by atoms with Gasteiger partial charge in [0.25, 0.3) is 0 Å². The van der Waals surface area contributed by atoms with Crippen molar-refractivity contribution >= 4 is 10.9 Å². The number of hydrogen-bond donors (Lipinski definition) is 1. The number of fused-ring (bicyclic) bond motifs is 1. The molecule has 2 aromatic carbocycles. The summed E-state index contributed by atoms with van der Waals surface area (Å²) in [5.74, 6) is 1.44. The normalized spacial score (nSPS) is 11.2. The van der Waals surface area contributed by atoms with E-state index in [1.54, 1.807) is 0 Å². The van der Waals surface area contributed by atoms with Crippen molar-refractivity contribution in [2.45, 2.75) is 13.8 Å². The first kappa shape index (κ1) is 12.7. The van der Waals surface area contributed by atoms with Gasteiger partial charge in [-0.05, 0) is 36.2 Å². The number of aromatic nitrogens is 2. The molecule has 0 amide bonds. The highest BCUT2D eigenvalue weighted by atomic mass is 16.5. The molecular weight excluding hydrogens is 248 g/mol. The third-order valence-corrected chi connectivity index (χ3v) is 3.18. The van der Waals surface area contributed by atoms with Crippen LogP contribution >= 0.6 is 0 Å². The number of nitrogens with zero attached hydrogens (tertiary/aromatic N) is 1. The van der Waals surface area contributed by atoms with Crippen LogP contribution in [0.1, 0.15) is 13.8 Å². The van der Waals surface area contributed by atoms with Crippen molar-refractivity contribution in [2.24, 2.45) is 5.92 Å². The van der Waals surface area contributed by atoms with Gasteiger partial charge in [-0.1, -0.05) is 32.0 Å². The van der Waals surface area contributed by atoms with Crippen molar-refractivity contribution < 1.29 is 4.74 Å². The minimum atomic E-state index is 0.532. The van der Waals surface area contributed by atoms with E-state index < -0.39 is 0 Å². The van der Waals surface area contributed by atoms with Gasteiger partial charge in [0.15, 0.2) is 0 Å². The topological polar surface area (TPSA) is 37.9 Å². The molecule has 0 saturated heterocycles. The summed E-state index contributed by atoms with van der Waals surface area (Å²) in [6, 6.07) is 16.3. The van der Waals surface area contributed by atoms with E-state index in [0.717, 1.165) is 34.5 Å². The molecule has 3 heteroatoms. The Kier molecular flexibility index (Phi) is 3.42. The minimum Gasteiger partial charge on any atom is -0.493 e. The molecule has 0 fully saturated rings. The molecular formula is C17H18N2O. The summed E-state index contributed by atoms with van der Waals surface area (Å²) in [6.07, 6.45) is 0. The number of ether oxygens (including phenoxy) is 1. The third-order valence-electron chi connectivity index (χ3n) is 3.18. The molecule has 1 heterocycles. The average molecular weight is 266 g/mol. The number of H-pyrrole nitrogens is 1. The van der Waals surface area contributed by atoms with E-state index in [9.17, 15) is 0 Å². The van der Waals surface area contributed by atoms with Crippen LogP contribution in [0.25, 0.3) is 22.2 Å². The minimum absolute atomic E-state index is 0.532. The zero-order chi connectivity index (χ0) is 13.9. The molecule has 20 heavy (non-hydrogen) atoms. The predicted octanol–water partition coefficient (Wildman–Crippen LogP) is 4.26. The number of nitrogens with one attached hydrogen (secondary N) is 1. The second-order valence-corrected chi connectivity index (χ2v) is 5.35. The summed E-state index contributed by atoms with van der Waals surface area (Å²) in [5.41, 5.74) is 3.14. The van der Waals surface area contributed by atoms with E-state index in [1.807, 2.05) is 30.3 Å². The number of rotatable bonds is 4. The first-order valence-electron chi connectivity index (χ1n) is 6.90. The summed E-state index contributed by atoms with van der Waals surface area (Å²) < 4.78 is 5.70. The molecule has 0 aliphatic rings. The van der Waals surface area contributed by atoms with E-state index in [1.165, 1.54) is 0 Å². The molecule has 0 radical (unpaired) electrons. The summed E-state index contributed by atoms with van der Waals surface area (Å²) in [4.78, 5) is 0. The van der Waals surface area contributed by atoms with Gasteiger partial charge in [-0.3, -0.25) is 5.10 Å². The molecule has 102 valence electrons. The lowest BCUT2D eigenvalue weighted by Crippen LogP contribution is -2.04. The predicted molar refractivity (Wildman–Crippen MR) is 81.9 cm³/mol. The maximum Gasteiger partial charge on any atom is 0.119 e. The Morgan fingerprint density at radius 2 is 1.80 bits per heavy atom. The number of para-hydroxylation sites is 1. The smallest absolute Gasteiger partial charge is 0.119 e. The van der Waals surface area contributed by atoms with Crippen LogP contribution in [0.5, 0.6) is 5.75 Å². The Bertz CT molecular complexity index is 698. The van der Waals surface area contributed by atoms with Gasteiger partial charge < -0.3 is 4.74 Å². The largest absolute Gasteiger partial charge is 0.493 e. The second kappa shape index (κ2) is 5.37. The lowest BCUT2D eigenvalue weighted by atomic mass is 10.1. The highest BCUT2D eigenvalue weighted by Gasteiger charge is 2.07. The Morgan fingerprint density at radius 1 is 1.05 bits per heavy atom. The molecule has 0 aliphatic carbocycles. The Hall–Kier alpha value is -2.29. The number of aromatic amines is 1. The summed E-state index contributed by atoms with van der Waals surface area (Å²) >= 11 is 0. The van der Waals surface area contributed by atoms with Crippen molar-refractivity contribution in [1.29, 1.82) is 0 Å². The van der Waals surface area contributed by atoms with Crippen molar-refractivity contribution in [3.05, 3.63) is 48.5 Å². The van der Waals surface area contributed by atoms with Crippen LogP contribution in [-0.4, -0.2) is 16.8 Å². The van der Waals surface area contributed by atoms with E-state index in [-0.39, 0.29) is 0 Å². The van der Waals surface area contributed by atoms with Crippen LogP contribution in [0, 0.1) is 5.92 Å². The van der Waals surface area contributed by atoms with Crippen LogP contribution in [-0.2, 0) is 0 Å². The van der Waals surface area contributed by atoms with Gasteiger partial charge in [-0.25, -0.2) is 0 Å². The van der Waals surface area contributed by atoms with Gasteiger partial charge in [0, 0.05) is 10.9 Å². The maximum atomic E-state index is 5.70. The fourth-order valence-electron chi connectivity index (χ4n) is 2.16. The average Bonchev–Trinajstić information content (AvgIpc) is 2.89. The standard InChI is InChI=1S/C17H18N2O/c1-12(2)11-20-14-9-7-13(8-10-14)17-15-5-3-4-6-16(15)18-19-17/h3-10,12H,11H2,1-2H3,(H,18,19). The van der Waals surface area contributed by atoms with Gasteiger partial charge in [0.05, 0.1) is 17.8 Å². The van der Waals surface area contributed by atoms with Crippen molar-refractivity contribution in [3.63, 3.8) is 0 Å². The van der Waals surface area contributed by atoms with E-state index in [4.69, 9.17) is 4.74 Å². The van der Waals surface area contributed by atoms with Crippen molar-refractivity contribution in [3.8, 4) is 17.0 Å². The fourth-order valence-corrected chi connectivity index (χ4v) is 2.16. The van der Waals surface area contributed by atoms with E-state index in [0.29, 0.717) is 5.92 Å². The number of hydrogen-bond acceptors (Lipinski definition) is 2. The summed E-state index contributed by atoms with van der Waals surface area (Å²) in [6.45, 7) is 5.03. The SMILES string of the molecule is CC(C)COc1ccc(-c2n[nH]c3ccccc23)cc1. The molecule has 3 rings (SSSR count). The van der Waals surface area contributed by atoms with Crippen molar-refractivity contribution in [2.75, 3.05) is 6.61 Å². The van der Waals surface area contributed by atoms with Crippen molar-refractivity contribution in [1.82, 2.24) is 10.2 Å². The molecule has 3 aromatic rings. The molecule has 1 N–H and O–H groups in total. The summed E-state index contributed by atoms with van der Waals surface area (Å²) in [5, 5.41) is 8.61. The van der Waals surface area contributed by atoms with Crippen LogP contribution in [0.2, 0.25) is 0 Å². The van der Waals surface area contributed by atoms with Gasteiger partial charge in [0.2, 0.25) is 0 Å². The van der Waals surface area contributed by atoms with Crippen LogP contribution in [0.3, 0.4) is 0 Å². The molecule has 0 spiro atoms. The van der Waals surface area contributed by atoms with Gasteiger partial charge in [-0.15, -0.1) is 0 Å². The van der Waals surface area contributed by atoms with Crippen LogP contribution in [0.4, 0.5) is 0 Å². The Morgan fingerprint density at radius 3 is 2.55 bits per heavy atom. The quantitative estimate of drug-likeness (QED) is 0.766. The fraction of sp³-hybridized carbons (Fsp3) is 0.235. The van der Waals surface area contributed by atoms with Crippen LogP contribution < -0.4 is 4.74 Å². The maximum absolute atomic E-state index is 5.70. The molecule has 3 nitrogen and oxygen atoms in total. The molecule has 1 aromatic heterocycles. The molecule has 0 aliphatic heterocycles. The lowest BCUT2D eigenvalue weighted by molar-refractivity contribution is 0.271. The first-order chi connectivity index (χ1) is 9.74. The lowest BCUT2D eigenvalue weighted by Gasteiger charge is -2.08. The number of benzene rings is 2. The zero-order valence-corrected chi connectivity index (χ0v) is 11.8. The third kappa shape index (κ3) is 2.52. The first-order valence-corrected chi connectivity index (χ1v) is 6.90. The molecule has 0 atom stereocenters. The van der Waals surface area contributed by atoms with Crippen LogP contribution in [0.15, 0.2) is 48.5 Å². The molecule has 0 saturated carbocycles. The van der Waals surface area contributed by atoms with Gasteiger partial charge in [-0.2, -0.15) is 5.10 Å². The zero-order valence-electron chi connectivity index (χ0n) is 11.8. The van der Waals surface area contributed by atoms with Gasteiger partial charge in [0.1, 0.15) is 5.75 Å². The van der Waals surface area contributed by atoms with E-state index >= 15 is 0 Å². The second-order valence-electron chi connectivity index (χ2n) is 5.35. The molecule has 0 unspecified atom stereocenters. The summed E-state index contributed by atoms with van der Waals surface area (Å²) in [7, 11) is 0. The van der Waals surface area contributed by atoms with Gasteiger partial charge >= 0.3 is 0 Å². The monoisotopic (exact) mass is 266 g/mol. The highest BCUT2D eigenvalue weighted by molar-refractivity contribution is 5.92. The Labute approximate surface area is 118 Å². The van der Waals surface area contributed by atoms with E-state index in [2.05, 4.69) is 42.2 Å². The molecule has 0 bridgehead atoms.